The van der Waals surface area contributed by atoms with Gasteiger partial charge in [0.2, 0.25) is 0 Å². The molecule has 2 aromatic carbocycles. The van der Waals surface area contributed by atoms with E-state index in [4.69, 9.17) is 4.74 Å². The lowest BCUT2D eigenvalue weighted by Crippen LogP contribution is -2.39. The van der Waals surface area contributed by atoms with Crippen LogP contribution in [0.1, 0.15) is 35.1 Å². The van der Waals surface area contributed by atoms with Crippen molar-refractivity contribution in [1.29, 1.82) is 0 Å². The first-order valence-electron chi connectivity index (χ1n) is 10.5. The smallest absolute Gasteiger partial charge is 0.191 e. The van der Waals surface area contributed by atoms with Gasteiger partial charge in [0.05, 0.1) is 13.2 Å². The van der Waals surface area contributed by atoms with Crippen LogP contribution in [-0.4, -0.2) is 50.8 Å². The second-order valence-corrected chi connectivity index (χ2v) is 7.78. The molecule has 0 spiro atoms. The van der Waals surface area contributed by atoms with Crippen LogP contribution in [0.15, 0.2) is 53.5 Å². The third-order valence-corrected chi connectivity index (χ3v) is 5.47. The number of benzene rings is 2. The third-order valence-electron chi connectivity index (χ3n) is 5.47. The standard InChI is InChI=1S/C24H34N4O/c1-19-7-6-10-21(15-19)20(2)16-26-24(25-3)27-17-22-8-4-5-9-23(22)18-28-11-13-29-14-12-28/h4-10,15,20H,11-14,16-18H2,1-3H3,(H2,25,26,27). The SMILES string of the molecule is CN=C(NCc1ccccc1CN1CCOCC1)NCC(C)c1cccc(C)c1. The molecule has 29 heavy (non-hydrogen) atoms. The topological polar surface area (TPSA) is 48.9 Å². The van der Waals surface area contributed by atoms with Crippen molar-refractivity contribution in [3.8, 4) is 0 Å². The van der Waals surface area contributed by atoms with Crippen LogP contribution in [0.25, 0.3) is 0 Å². The van der Waals surface area contributed by atoms with Crippen molar-refractivity contribution in [2.45, 2.75) is 32.9 Å². The molecule has 0 bridgehead atoms. The molecule has 0 aliphatic carbocycles. The fourth-order valence-corrected chi connectivity index (χ4v) is 3.63. The number of nitrogens with one attached hydrogen (secondary N) is 2. The Labute approximate surface area is 175 Å². The summed E-state index contributed by atoms with van der Waals surface area (Å²) in [7, 11) is 1.83. The van der Waals surface area contributed by atoms with Gasteiger partial charge in [-0.3, -0.25) is 9.89 Å². The van der Waals surface area contributed by atoms with Crippen LogP contribution in [0.5, 0.6) is 0 Å². The maximum absolute atomic E-state index is 5.47. The molecule has 0 radical (unpaired) electrons. The molecule has 1 saturated heterocycles. The summed E-state index contributed by atoms with van der Waals surface area (Å²) in [5.41, 5.74) is 5.33. The molecule has 0 aromatic heterocycles. The van der Waals surface area contributed by atoms with Gasteiger partial charge in [0.1, 0.15) is 0 Å². The van der Waals surface area contributed by atoms with Crippen molar-refractivity contribution in [2.75, 3.05) is 39.9 Å². The maximum Gasteiger partial charge on any atom is 0.191 e. The Morgan fingerprint density at radius 2 is 1.83 bits per heavy atom. The number of morpholine rings is 1. The Bertz CT molecular complexity index is 799. The van der Waals surface area contributed by atoms with Crippen molar-refractivity contribution < 1.29 is 4.74 Å². The highest BCUT2D eigenvalue weighted by Crippen LogP contribution is 2.16. The summed E-state index contributed by atoms with van der Waals surface area (Å²) < 4.78 is 5.47. The molecule has 1 heterocycles. The lowest BCUT2D eigenvalue weighted by atomic mass is 9.99. The normalized spacial score (nSPS) is 16.4. The molecule has 5 heteroatoms. The average Bonchev–Trinajstić information content (AvgIpc) is 2.75. The maximum atomic E-state index is 5.47. The van der Waals surface area contributed by atoms with E-state index in [1.165, 1.54) is 22.3 Å². The molecule has 1 aliphatic heterocycles. The summed E-state index contributed by atoms with van der Waals surface area (Å²) in [5, 5.41) is 6.95. The van der Waals surface area contributed by atoms with E-state index in [0.29, 0.717) is 5.92 Å². The Balaban J connectivity index is 1.53. The second-order valence-electron chi connectivity index (χ2n) is 7.78. The van der Waals surface area contributed by atoms with E-state index in [2.05, 4.69) is 82.9 Å². The van der Waals surface area contributed by atoms with E-state index in [1.807, 2.05) is 7.05 Å². The number of aliphatic imine (C=N–C) groups is 1. The minimum atomic E-state index is 0.419. The predicted molar refractivity (Wildman–Crippen MR) is 120 cm³/mol. The van der Waals surface area contributed by atoms with Crippen molar-refractivity contribution in [3.05, 3.63) is 70.8 Å². The van der Waals surface area contributed by atoms with Gasteiger partial charge < -0.3 is 15.4 Å². The van der Waals surface area contributed by atoms with Crippen molar-refractivity contribution in [1.82, 2.24) is 15.5 Å². The number of nitrogens with zero attached hydrogens (tertiary/aromatic N) is 2. The highest BCUT2D eigenvalue weighted by Gasteiger charge is 2.13. The highest BCUT2D eigenvalue weighted by atomic mass is 16.5. The Morgan fingerprint density at radius 3 is 2.55 bits per heavy atom. The molecular weight excluding hydrogens is 360 g/mol. The first kappa shape index (κ1) is 21.3. The zero-order valence-corrected chi connectivity index (χ0v) is 17.9. The fraction of sp³-hybridized carbons (Fsp3) is 0.458. The lowest BCUT2D eigenvalue weighted by molar-refractivity contribution is 0.0341. The van der Waals surface area contributed by atoms with Gasteiger partial charge in [-0.1, -0.05) is 61.0 Å². The van der Waals surface area contributed by atoms with Crippen molar-refractivity contribution in [2.24, 2.45) is 4.99 Å². The second kappa shape index (κ2) is 11.0. The van der Waals surface area contributed by atoms with Gasteiger partial charge >= 0.3 is 0 Å². The van der Waals surface area contributed by atoms with Crippen LogP contribution >= 0.6 is 0 Å². The molecule has 1 aliphatic rings. The van der Waals surface area contributed by atoms with Crippen LogP contribution in [0.3, 0.4) is 0 Å². The minimum absolute atomic E-state index is 0.419. The van der Waals surface area contributed by atoms with Crippen molar-refractivity contribution >= 4 is 5.96 Å². The summed E-state index contributed by atoms with van der Waals surface area (Å²) in [6.07, 6.45) is 0. The Kier molecular flexibility index (Phi) is 8.08. The number of hydrogen-bond donors (Lipinski definition) is 2. The van der Waals surface area contributed by atoms with Crippen molar-refractivity contribution in [3.63, 3.8) is 0 Å². The van der Waals surface area contributed by atoms with Crippen LogP contribution in [-0.2, 0) is 17.8 Å². The molecule has 3 rings (SSSR count). The molecule has 1 atom stereocenters. The predicted octanol–water partition coefficient (Wildman–Crippen LogP) is 3.30. The third kappa shape index (κ3) is 6.58. The molecule has 1 fully saturated rings. The van der Waals surface area contributed by atoms with Gasteiger partial charge in [0, 0.05) is 39.8 Å². The molecule has 1 unspecified atom stereocenters. The Morgan fingerprint density at radius 1 is 1.07 bits per heavy atom. The van der Waals surface area contributed by atoms with Crippen LogP contribution in [0.4, 0.5) is 0 Å². The number of hydrogen-bond acceptors (Lipinski definition) is 3. The van der Waals surface area contributed by atoms with Gasteiger partial charge in [-0.2, -0.15) is 0 Å². The fourth-order valence-electron chi connectivity index (χ4n) is 3.63. The molecule has 2 aromatic rings. The Hall–Kier alpha value is -2.37. The summed E-state index contributed by atoms with van der Waals surface area (Å²) in [6, 6.07) is 17.4. The van der Waals surface area contributed by atoms with Gasteiger partial charge in [0.25, 0.3) is 0 Å². The first-order chi connectivity index (χ1) is 14.2. The molecule has 5 nitrogen and oxygen atoms in total. The zero-order chi connectivity index (χ0) is 20.5. The average molecular weight is 395 g/mol. The van der Waals surface area contributed by atoms with Crippen LogP contribution in [0.2, 0.25) is 0 Å². The molecule has 2 N–H and O–H groups in total. The summed E-state index contributed by atoms with van der Waals surface area (Å²) >= 11 is 0. The van der Waals surface area contributed by atoms with E-state index in [9.17, 15) is 0 Å². The first-order valence-corrected chi connectivity index (χ1v) is 10.5. The molecule has 0 amide bonds. The van der Waals surface area contributed by atoms with Gasteiger partial charge in [-0.15, -0.1) is 0 Å². The number of ether oxygens (including phenoxy) is 1. The minimum Gasteiger partial charge on any atom is -0.379 e. The van der Waals surface area contributed by atoms with E-state index in [0.717, 1.165) is 51.9 Å². The largest absolute Gasteiger partial charge is 0.379 e. The van der Waals surface area contributed by atoms with Gasteiger partial charge in [-0.25, -0.2) is 0 Å². The number of aryl methyl sites for hydroxylation is 1. The quantitative estimate of drug-likeness (QED) is 0.559. The molecule has 156 valence electrons. The van der Waals surface area contributed by atoms with E-state index in [1.54, 1.807) is 0 Å². The van der Waals surface area contributed by atoms with E-state index >= 15 is 0 Å². The number of rotatable bonds is 7. The summed E-state index contributed by atoms with van der Waals surface area (Å²) in [6.45, 7) is 10.6. The summed E-state index contributed by atoms with van der Waals surface area (Å²) in [5.74, 6) is 1.26. The van der Waals surface area contributed by atoms with E-state index < -0.39 is 0 Å². The van der Waals surface area contributed by atoms with E-state index in [-0.39, 0.29) is 0 Å². The van der Waals surface area contributed by atoms with Crippen LogP contribution in [0, 0.1) is 6.92 Å². The lowest BCUT2D eigenvalue weighted by Gasteiger charge is -2.27. The summed E-state index contributed by atoms with van der Waals surface area (Å²) in [4.78, 5) is 6.86. The van der Waals surface area contributed by atoms with Crippen LogP contribution < -0.4 is 10.6 Å². The number of guanidine groups is 1. The van der Waals surface area contributed by atoms with Gasteiger partial charge in [-0.05, 0) is 29.5 Å². The monoisotopic (exact) mass is 394 g/mol. The van der Waals surface area contributed by atoms with Gasteiger partial charge in [0.15, 0.2) is 5.96 Å². The zero-order valence-electron chi connectivity index (χ0n) is 17.9. The highest BCUT2D eigenvalue weighted by molar-refractivity contribution is 5.79. The molecular formula is C24H34N4O. The molecule has 0 saturated carbocycles.